The summed E-state index contributed by atoms with van der Waals surface area (Å²) in [6.45, 7) is 1.28. The molecule has 164 valence electrons. The normalized spacial score (nSPS) is 13.3. The van der Waals surface area contributed by atoms with Gasteiger partial charge in [-0.05, 0) is 47.4 Å². The van der Waals surface area contributed by atoms with E-state index >= 15 is 0 Å². The smallest absolute Gasteiger partial charge is 0.211 e. The molecule has 0 radical (unpaired) electrons. The summed E-state index contributed by atoms with van der Waals surface area (Å²) in [5, 5.41) is 12.9. The van der Waals surface area contributed by atoms with Crippen LogP contribution >= 0.6 is 11.3 Å². The van der Waals surface area contributed by atoms with Crippen LogP contribution in [0.2, 0.25) is 0 Å². The molecule has 0 amide bonds. The number of rotatable bonds is 7. The van der Waals surface area contributed by atoms with Crippen molar-refractivity contribution in [2.24, 2.45) is 15.0 Å². The van der Waals surface area contributed by atoms with Gasteiger partial charge in [-0.1, -0.05) is 78.1 Å². The molecular formula is C27H24N4OS. The molecule has 0 fully saturated rings. The van der Waals surface area contributed by atoms with Crippen molar-refractivity contribution in [2.45, 2.75) is 25.9 Å². The molecule has 0 spiro atoms. The second kappa shape index (κ2) is 9.79. The Balaban J connectivity index is 1.47. The molecule has 5 rings (SSSR count). The molecule has 0 aliphatic carbocycles. The molecule has 5 nitrogen and oxygen atoms in total. The maximum absolute atomic E-state index is 11.1. The Bertz CT molecular complexity index is 1470. The van der Waals surface area contributed by atoms with Gasteiger partial charge in [0, 0.05) is 6.54 Å². The third-order valence-corrected chi connectivity index (χ3v) is 6.58. The molecule has 1 aliphatic rings. The highest BCUT2D eigenvalue weighted by Gasteiger charge is 2.11. The summed E-state index contributed by atoms with van der Waals surface area (Å²) < 4.78 is 1.93. The van der Waals surface area contributed by atoms with E-state index in [-0.39, 0.29) is 5.88 Å². The molecule has 3 aromatic carbocycles. The van der Waals surface area contributed by atoms with Gasteiger partial charge in [0.2, 0.25) is 5.88 Å². The topological polar surface area (TPSA) is 62.2 Å². The SMILES string of the molecule is Oc1c(/C=c2\ccc3c(c2)N=CN=3)sc(=NCc2ccccc2)n1CCCc1ccccc1. The summed E-state index contributed by atoms with van der Waals surface area (Å²) >= 11 is 1.51. The molecule has 0 saturated heterocycles. The Morgan fingerprint density at radius 2 is 1.70 bits per heavy atom. The van der Waals surface area contributed by atoms with Gasteiger partial charge in [0.1, 0.15) is 6.34 Å². The molecule has 33 heavy (non-hydrogen) atoms. The molecule has 0 saturated carbocycles. The standard InChI is InChI=1S/C27H24N4OS/c32-26-25(17-22-13-14-23-24(16-22)30-19-29-23)33-27(28-18-21-10-5-2-6-11-21)31(26)15-7-12-20-8-3-1-4-9-20/h1-6,8-11,13-14,16-17,19,32H,7,12,15,18H2/b22-17+,28-27?. The lowest BCUT2D eigenvalue weighted by atomic mass is 10.1. The predicted octanol–water partition coefficient (Wildman–Crippen LogP) is 4.11. The van der Waals surface area contributed by atoms with Crippen molar-refractivity contribution in [3.63, 3.8) is 0 Å². The Hall–Kier alpha value is -3.77. The van der Waals surface area contributed by atoms with E-state index in [1.165, 1.54) is 16.9 Å². The van der Waals surface area contributed by atoms with Crippen molar-refractivity contribution in [2.75, 3.05) is 0 Å². The van der Waals surface area contributed by atoms with Gasteiger partial charge in [-0.2, -0.15) is 0 Å². The van der Waals surface area contributed by atoms with E-state index in [0.29, 0.717) is 13.1 Å². The quantitative estimate of drug-likeness (QED) is 0.451. The number of benzene rings is 3. The minimum absolute atomic E-state index is 0.258. The second-order valence-electron chi connectivity index (χ2n) is 7.88. The lowest BCUT2D eigenvalue weighted by Crippen LogP contribution is -2.15. The van der Waals surface area contributed by atoms with Crippen LogP contribution in [0.3, 0.4) is 0 Å². The monoisotopic (exact) mass is 452 g/mol. The first-order chi connectivity index (χ1) is 16.3. The molecule has 0 unspecified atom stereocenters. The van der Waals surface area contributed by atoms with Gasteiger partial charge in [0.25, 0.3) is 0 Å². The van der Waals surface area contributed by atoms with Crippen molar-refractivity contribution in [1.29, 1.82) is 0 Å². The number of hydrogen-bond donors (Lipinski definition) is 1. The predicted molar refractivity (Wildman–Crippen MR) is 133 cm³/mol. The van der Waals surface area contributed by atoms with Crippen LogP contribution in [0, 0.1) is 0 Å². The zero-order valence-corrected chi connectivity index (χ0v) is 18.9. The molecule has 6 heteroatoms. The third-order valence-electron chi connectivity index (χ3n) is 5.53. The van der Waals surface area contributed by atoms with E-state index in [1.54, 1.807) is 6.34 Å². The van der Waals surface area contributed by atoms with Gasteiger partial charge in [-0.3, -0.25) is 9.56 Å². The van der Waals surface area contributed by atoms with E-state index in [0.717, 1.165) is 44.3 Å². The molecule has 0 bridgehead atoms. The number of aliphatic imine (C=N–C) groups is 1. The second-order valence-corrected chi connectivity index (χ2v) is 8.89. The van der Waals surface area contributed by atoms with E-state index in [1.807, 2.05) is 53.1 Å². The van der Waals surface area contributed by atoms with Crippen LogP contribution in [0.4, 0.5) is 5.69 Å². The number of fused-ring (bicyclic) bond motifs is 1. The van der Waals surface area contributed by atoms with Gasteiger partial charge < -0.3 is 5.11 Å². The van der Waals surface area contributed by atoms with Crippen molar-refractivity contribution >= 4 is 29.4 Å². The van der Waals surface area contributed by atoms with Gasteiger partial charge in [-0.25, -0.2) is 9.98 Å². The minimum Gasteiger partial charge on any atom is -0.493 e. The minimum atomic E-state index is 0.258. The van der Waals surface area contributed by atoms with Crippen LogP contribution in [-0.4, -0.2) is 16.0 Å². The summed E-state index contributed by atoms with van der Waals surface area (Å²) in [4.78, 5) is 15.0. The summed E-state index contributed by atoms with van der Waals surface area (Å²) in [6, 6.07) is 26.6. The fourth-order valence-corrected chi connectivity index (χ4v) is 4.82. The highest BCUT2D eigenvalue weighted by Crippen LogP contribution is 2.22. The van der Waals surface area contributed by atoms with Gasteiger partial charge in [0.05, 0.1) is 22.5 Å². The average molecular weight is 453 g/mol. The highest BCUT2D eigenvalue weighted by atomic mass is 32.1. The fraction of sp³-hybridized carbons (Fsp3) is 0.148. The summed E-state index contributed by atoms with van der Waals surface area (Å²) in [5.41, 5.74) is 3.29. The van der Waals surface area contributed by atoms with Crippen molar-refractivity contribution in [3.8, 4) is 5.88 Å². The van der Waals surface area contributed by atoms with Gasteiger partial charge >= 0.3 is 0 Å². The largest absolute Gasteiger partial charge is 0.493 e. The number of nitrogens with zero attached hydrogens (tertiary/aromatic N) is 4. The van der Waals surface area contributed by atoms with Crippen molar-refractivity contribution in [1.82, 2.24) is 4.57 Å². The fourth-order valence-electron chi connectivity index (χ4n) is 3.81. The first kappa shape index (κ1) is 21.1. The van der Waals surface area contributed by atoms with E-state index in [2.05, 4.69) is 46.4 Å². The van der Waals surface area contributed by atoms with E-state index in [4.69, 9.17) is 4.99 Å². The van der Waals surface area contributed by atoms with Crippen LogP contribution in [0.5, 0.6) is 5.88 Å². The van der Waals surface area contributed by atoms with Crippen LogP contribution in [0.1, 0.15) is 22.4 Å². The summed E-state index contributed by atoms with van der Waals surface area (Å²) in [5.74, 6) is 0.258. The summed E-state index contributed by atoms with van der Waals surface area (Å²) in [6.07, 6.45) is 5.43. The third kappa shape index (κ3) is 5.02. The Labute approximate surface area is 196 Å². The van der Waals surface area contributed by atoms with Crippen LogP contribution in [0.25, 0.3) is 6.08 Å². The van der Waals surface area contributed by atoms with E-state index in [9.17, 15) is 5.11 Å². The van der Waals surface area contributed by atoms with Crippen LogP contribution < -0.4 is 15.4 Å². The maximum Gasteiger partial charge on any atom is 0.211 e. The van der Waals surface area contributed by atoms with Gasteiger partial charge in [-0.15, -0.1) is 0 Å². The zero-order chi connectivity index (χ0) is 22.5. The van der Waals surface area contributed by atoms with Gasteiger partial charge in [0.15, 0.2) is 4.80 Å². The first-order valence-electron chi connectivity index (χ1n) is 11.0. The molecule has 1 aromatic heterocycles. The summed E-state index contributed by atoms with van der Waals surface area (Å²) in [7, 11) is 0. The Morgan fingerprint density at radius 1 is 0.939 bits per heavy atom. The number of thiazole rings is 1. The van der Waals surface area contributed by atoms with Crippen molar-refractivity contribution in [3.05, 3.63) is 110 Å². The molecule has 0 atom stereocenters. The molecule has 2 heterocycles. The number of hydrogen-bond acceptors (Lipinski definition) is 5. The lowest BCUT2D eigenvalue weighted by molar-refractivity contribution is 0.406. The maximum atomic E-state index is 11.1. The number of aryl methyl sites for hydroxylation is 1. The Kier molecular flexibility index (Phi) is 6.26. The van der Waals surface area contributed by atoms with Crippen LogP contribution in [-0.2, 0) is 19.5 Å². The molecular weight excluding hydrogens is 428 g/mol. The average Bonchev–Trinajstić information content (AvgIpc) is 3.44. The molecule has 4 aromatic rings. The number of aromatic nitrogens is 1. The van der Waals surface area contributed by atoms with Crippen molar-refractivity contribution < 1.29 is 5.11 Å². The van der Waals surface area contributed by atoms with E-state index < -0.39 is 0 Å². The Morgan fingerprint density at radius 3 is 2.48 bits per heavy atom. The number of aromatic hydroxyl groups is 1. The van der Waals surface area contributed by atoms with Crippen LogP contribution in [0.15, 0.2) is 93.8 Å². The highest BCUT2D eigenvalue weighted by molar-refractivity contribution is 7.10. The first-order valence-corrected chi connectivity index (χ1v) is 11.8. The zero-order valence-electron chi connectivity index (χ0n) is 18.1. The molecule has 1 N–H and O–H groups in total. The molecule has 1 aliphatic heterocycles. The lowest BCUT2D eigenvalue weighted by Gasteiger charge is -2.06.